The van der Waals surface area contributed by atoms with Gasteiger partial charge in [-0.15, -0.1) is 0 Å². The number of para-hydroxylation sites is 2. The number of hydrogen-bond acceptors (Lipinski definition) is 5. The van der Waals surface area contributed by atoms with E-state index in [1.807, 2.05) is 25.1 Å². The summed E-state index contributed by atoms with van der Waals surface area (Å²) in [4.78, 5) is 27.5. The van der Waals surface area contributed by atoms with E-state index >= 15 is 0 Å². The molecule has 1 saturated heterocycles. The van der Waals surface area contributed by atoms with Crippen LogP contribution in [0.25, 0.3) is 0 Å². The second kappa shape index (κ2) is 8.75. The summed E-state index contributed by atoms with van der Waals surface area (Å²) in [6.45, 7) is 5.41. The van der Waals surface area contributed by atoms with Crippen LogP contribution < -0.4 is 15.1 Å². The molecule has 0 radical (unpaired) electrons. The molecule has 0 aromatic heterocycles. The normalized spacial score (nSPS) is 14.6. The van der Waals surface area contributed by atoms with Crippen LogP contribution in [0.15, 0.2) is 42.5 Å². The third kappa shape index (κ3) is 4.61. The number of aryl methyl sites for hydroxylation is 1. The molecular weight excluding hydrogens is 358 g/mol. The van der Waals surface area contributed by atoms with Crippen molar-refractivity contribution in [1.82, 2.24) is 0 Å². The van der Waals surface area contributed by atoms with Crippen molar-refractivity contribution in [2.24, 2.45) is 0 Å². The van der Waals surface area contributed by atoms with Gasteiger partial charge < -0.3 is 25.0 Å². The van der Waals surface area contributed by atoms with E-state index in [1.165, 1.54) is 12.0 Å². The van der Waals surface area contributed by atoms with E-state index in [9.17, 15) is 14.7 Å². The van der Waals surface area contributed by atoms with Crippen LogP contribution >= 0.6 is 0 Å². The van der Waals surface area contributed by atoms with Gasteiger partial charge in [0.1, 0.15) is 5.75 Å². The Labute approximate surface area is 164 Å². The maximum atomic E-state index is 12.5. The lowest BCUT2D eigenvalue weighted by atomic mass is 10.1. The molecule has 7 nitrogen and oxygen atoms in total. The highest BCUT2D eigenvalue weighted by atomic mass is 16.5. The Kier molecular flexibility index (Phi) is 6.16. The lowest BCUT2D eigenvalue weighted by molar-refractivity contribution is -0.892. The first-order valence-corrected chi connectivity index (χ1v) is 9.33. The highest BCUT2D eigenvalue weighted by molar-refractivity contribution is 5.95. The van der Waals surface area contributed by atoms with E-state index in [0.717, 1.165) is 37.4 Å². The first kappa shape index (κ1) is 19.7. The maximum absolute atomic E-state index is 12.5. The number of quaternary nitrogens is 1. The molecule has 0 bridgehead atoms. The van der Waals surface area contributed by atoms with E-state index in [4.69, 9.17) is 4.74 Å². The Morgan fingerprint density at radius 2 is 1.89 bits per heavy atom. The largest absolute Gasteiger partial charge is 0.506 e. The number of piperazine rings is 1. The smallest absolute Gasteiger partial charge is 0.337 e. The minimum atomic E-state index is -0.429. The zero-order chi connectivity index (χ0) is 20.1. The van der Waals surface area contributed by atoms with Crippen molar-refractivity contribution in [1.29, 1.82) is 0 Å². The van der Waals surface area contributed by atoms with Crippen LogP contribution in [0.4, 0.5) is 11.4 Å². The van der Waals surface area contributed by atoms with Crippen LogP contribution in [-0.4, -0.2) is 56.8 Å². The lowest BCUT2D eigenvalue weighted by Gasteiger charge is -2.33. The van der Waals surface area contributed by atoms with Crippen molar-refractivity contribution in [2.45, 2.75) is 6.92 Å². The Balaban J connectivity index is 1.55. The first-order chi connectivity index (χ1) is 13.5. The van der Waals surface area contributed by atoms with Crippen LogP contribution in [0.5, 0.6) is 5.75 Å². The Morgan fingerprint density at radius 1 is 1.18 bits per heavy atom. The zero-order valence-corrected chi connectivity index (χ0v) is 16.2. The SMILES string of the molecule is COC(=O)c1ccc(C)c(NC(=O)C[NH+]2CCN(c3ccccc3O)CC2)c1. The second-order valence-corrected chi connectivity index (χ2v) is 6.97. The number of phenolic OH excluding ortho intramolecular Hbond substituents is 1. The number of phenols is 1. The Morgan fingerprint density at radius 3 is 2.57 bits per heavy atom. The number of anilines is 2. The van der Waals surface area contributed by atoms with Crippen molar-refractivity contribution in [3.63, 3.8) is 0 Å². The number of nitrogens with one attached hydrogen (secondary N) is 2. The van der Waals surface area contributed by atoms with E-state index in [-0.39, 0.29) is 11.7 Å². The van der Waals surface area contributed by atoms with Gasteiger partial charge in [0, 0.05) is 5.69 Å². The van der Waals surface area contributed by atoms with E-state index in [1.54, 1.807) is 24.3 Å². The highest BCUT2D eigenvalue weighted by Gasteiger charge is 2.24. The van der Waals surface area contributed by atoms with E-state index < -0.39 is 5.97 Å². The average molecular weight is 384 g/mol. The van der Waals surface area contributed by atoms with Gasteiger partial charge in [-0.1, -0.05) is 18.2 Å². The summed E-state index contributed by atoms with van der Waals surface area (Å²) in [6.07, 6.45) is 0. The molecule has 28 heavy (non-hydrogen) atoms. The van der Waals surface area contributed by atoms with Crippen molar-refractivity contribution in [3.05, 3.63) is 53.6 Å². The summed E-state index contributed by atoms with van der Waals surface area (Å²) in [6, 6.07) is 12.4. The summed E-state index contributed by atoms with van der Waals surface area (Å²) < 4.78 is 4.73. The van der Waals surface area contributed by atoms with Crippen LogP contribution in [0, 0.1) is 6.92 Å². The maximum Gasteiger partial charge on any atom is 0.337 e. The number of methoxy groups -OCH3 is 1. The summed E-state index contributed by atoms with van der Waals surface area (Å²) in [5.41, 5.74) is 2.76. The van der Waals surface area contributed by atoms with Crippen LogP contribution in [0.2, 0.25) is 0 Å². The number of aromatic hydroxyl groups is 1. The van der Waals surface area contributed by atoms with Crippen molar-refractivity contribution < 1.29 is 24.3 Å². The molecule has 3 rings (SSSR count). The second-order valence-electron chi connectivity index (χ2n) is 6.97. The third-order valence-corrected chi connectivity index (χ3v) is 5.04. The van der Waals surface area contributed by atoms with Gasteiger partial charge in [0.25, 0.3) is 5.91 Å². The molecule has 7 heteroatoms. The standard InChI is InChI=1S/C21H25N3O4/c1-15-7-8-16(21(27)28-2)13-17(15)22-20(26)14-23-9-11-24(12-10-23)18-5-3-4-6-19(18)25/h3-8,13,25H,9-12,14H2,1-2H3,(H,22,26)/p+1. The number of carbonyl (C=O) groups excluding carboxylic acids is 2. The summed E-state index contributed by atoms with van der Waals surface area (Å²) in [5, 5.41) is 12.9. The van der Waals surface area contributed by atoms with E-state index in [0.29, 0.717) is 17.8 Å². The quantitative estimate of drug-likeness (QED) is 0.665. The summed E-state index contributed by atoms with van der Waals surface area (Å²) >= 11 is 0. The molecule has 0 unspecified atom stereocenters. The van der Waals surface area contributed by atoms with Gasteiger partial charge in [-0.05, 0) is 36.8 Å². The number of hydrogen-bond donors (Lipinski definition) is 3. The predicted molar refractivity (Wildman–Crippen MR) is 107 cm³/mol. The lowest BCUT2D eigenvalue weighted by Crippen LogP contribution is -3.15. The van der Waals surface area contributed by atoms with Gasteiger partial charge in [0.15, 0.2) is 6.54 Å². The van der Waals surface area contributed by atoms with Gasteiger partial charge >= 0.3 is 5.97 Å². The van der Waals surface area contributed by atoms with Gasteiger partial charge in [-0.25, -0.2) is 4.79 Å². The molecule has 0 atom stereocenters. The van der Waals surface area contributed by atoms with Gasteiger partial charge in [0.05, 0.1) is 44.5 Å². The van der Waals surface area contributed by atoms with E-state index in [2.05, 4.69) is 10.2 Å². The van der Waals surface area contributed by atoms with Crippen molar-refractivity contribution in [2.75, 3.05) is 50.1 Å². The van der Waals surface area contributed by atoms with Gasteiger partial charge in [-0.2, -0.15) is 0 Å². The highest BCUT2D eigenvalue weighted by Crippen LogP contribution is 2.26. The number of benzene rings is 2. The molecule has 2 aromatic rings. The molecule has 148 valence electrons. The molecule has 1 heterocycles. The topological polar surface area (TPSA) is 83.3 Å². The summed E-state index contributed by atoms with van der Waals surface area (Å²) in [7, 11) is 1.33. The van der Waals surface area contributed by atoms with Crippen molar-refractivity contribution >= 4 is 23.3 Å². The first-order valence-electron chi connectivity index (χ1n) is 9.33. The van der Waals surface area contributed by atoms with Crippen molar-refractivity contribution in [3.8, 4) is 5.75 Å². The Bertz CT molecular complexity index is 860. The number of amides is 1. The van der Waals surface area contributed by atoms with Gasteiger partial charge in [0.2, 0.25) is 0 Å². The number of esters is 1. The monoisotopic (exact) mass is 384 g/mol. The average Bonchev–Trinajstić information content (AvgIpc) is 2.70. The molecular formula is C21H26N3O4+. The van der Waals surface area contributed by atoms with Crippen LogP contribution in [0.3, 0.4) is 0 Å². The minimum absolute atomic E-state index is 0.0869. The van der Waals surface area contributed by atoms with Crippen LogP contribution in [-0.2, 0) is 9.53 Å². The third-order valence-electron chi connectivity index (χ3n) is 5.04. The molecule has 0 saturated carbocycles. The molecule has 3 N–H and O–H groups in total. The molecule has 0 spiro atoms. The molecule has 1 aliphatic heterocycles. The summed E-state index contributed by atoms with van der Waals surface area (Å²) in [5.74, 6) is -0.234. The molecule has 0 aliphatic carbocycles. The number of ether oxygens (including phenoxy) is 1. The minimum Gasteiger partial charge on any atom is -0.506 e. The zero-order valence-electron chi connectivity index (χ0n) is 16.2. The van der Waals surface area contributed by atoms with Gasteiger partial charge in [-0.3, -0.25) is 4.79 Å². The Hall–Kier alpha value is -3.06. The molecule has 1 fully saturated rings. The number of rotatable bonds is 5. The number of carbonyl (C=O) groups is 2. The fraction of sp³-hybridized carbons (Fsp3) is 0.333. The fourth-order valence-corrected chi connectivity index (χ4v) is 3.40. The molecule has 1 amide bonds. The molecule has 1 aliphatic rings. The predicted octanol–water partition coefficient (Wildman–Crippen LogP) is 0.831. The van der Waals surface area contributed by atoms with Crippen LogP contribution in [0.1, 0.15) is 15.9 Å². The fourth-order valence-electron chi connectivity index (χ4n) is 3.40. The molecule has 2 aromatic carbocycles. The number of nitrogens with zero attached hydrogens (tertiary/aromatic N) is 1.